The molecule has 24 heavy (non-hydrogen) atoms. The summed E-state index contributed by atoms with van der Waals surface area (Å²) in [5.74, 6) is -1.31. The second-order valence-electron chi connectivity index (χ2n) is 5.17. The standard InChI is InChI=1S/C16H14Cl3N3O2/c1-7-4-5-10(6-8(7)2)9(3)21-22-13-11(17)14(16(23)24)20-15(19)12(13)18/h4-6H,1-3H3,(H,20,22)(H,23,24)/b21-9+. The van der Waals surface area contributed by atoms with Crippen LogP contribution in [0.4, 0.5) is 5.69 Å². The first-order valence-electron chi connectivity index (χ1n) is 6.88. The van der Waals surface area contributed by atoms with Crippen LogP contribution >= 0.6 is 34.8 Å². The second kappa shape index (κ2) is 7.38. The second-order valence-corrected chi connectivity index (χ2v) is 6.28. The molecular formula is C16H14Cl3N3O2. The number of carboxylic acid groups (broad SMARTS) is 1. The van der Waals surface area contributed by atoms with E-state index in [2.05, 4.69) is 15.5 Å². The lowest BCUT2D eigenvalue weighted by Gasteiger charge is -2.11. The number of aromatic carboxylic acids is 1. The molecule has 1 heterocycles. The number of aromatic nitrogens is 1. The van der Waals surface area contributed by atoms with Crippen LogP contribution in [0.25, 0.3) is 0 Å². The van der Waals surface area contributed by atoms with Crippen LogP contribution in [0.2, 0.25) is 15.2 Å². The molecule has 0 spiro atoms. The zero-order chi connectivity index (χ0) is 18.0. The monoisotopic (exact) mass is 385 g/mol. The van der Waals surface area contributed by atoms with Crippen molar-refractivity contribution in [2.24, 2.45) is 5.10 Å². The van der Waals surface area contributed by atoms with E-state index in [-0.39, 0.29) is 20.9 Å². The molecule has 0 bridgehead atoms. The average Bonchev–Trinajstić information content (AvgIpc) is 2.52. The summed E-state index contributed by atoms with van der Waals surface area (Å²) in [6, 6.07) is 5.94. The number of carbonyl (C=O) groups is 1. The van der Waals surface area contributed by atoms with Crippen molar-refractivity contribution in [1.82, 2.24) is 4.98 Å². The van der Waals surface area contributed by atoms with Crippen molar-refractivity contribution in [1.29, 1.82) is 0 Å². The number of nitrogens with one attached hydrogen (secondary N) is 1. The van der Waals surface area contributed by atoms with Gasteiger partial charge in [0, 0.05) is 0 Å². The van der Waals surface area contributed by atoms with Gasteiger partial charge in [0.05, 0.1) is 11.4 Å². The van der Waals surface area contributed by atoms with Crippen molar-refractivity contribution in [3.63, 3.8) is 0 Å². The minimum absolute atomic E-state index is 0.00306. The first-order valence-corrected chi connectivity index (χ1v) is 8.01. The van der Waals surface area contributed by atoms with Gasteiger partial charge in [0.15, 0.2) is 10.8 Å². The maximum absolute atomic E-state index is 11.2. The lowest BCUT2D eigenvalue weighted by molar-refractivity contribution is 0.0691. The fourth-order valence-electron chi connectivity index (χ4n) is 1.92. The van der Waals surface area contributed by atoms with Gasteiger partial charge in [0.25, 0.3) is 0 Å². The maximum atomic E-state index is 11.2. The number of hydrogen-bond acceptors (Lipinski definition) is 4. The fourth-order valence-corrected chi connectivity index (χ4v) is 2.59. The number of hydrogen-bond donors (Lipinski definition) is 2. The Morgan fingerprint density at radius 1 is 1.17 bits per heavy atom. The van der Waals surface area contributed by atoms with Gasteiger partial charge in [-0.15, -0.1) is 0 Å². The molecule has 0 atom stereocenters. The Hall–Kier alpha value is -1.82. The van der Waals surface area contributed by atoms with E-state index in [0.717, 1.165) is 11.1 Å². The molecule has 0 saturated heterocycles. The summed E-state index contributed by atoms with van der Waals surface area (Å²) in [6.07, 6.45) is 0. The van der Waals surface area contributed by atoms with Gasteiger partial charge in [-0.05, 0) is 43.5 Å². The van der Waals surface area contributed by atoms with Gasteiger partial charge in [0.2, 0.25) is 0 Å². The number of benzene rings is 1. The van der Waals surface area contributed by atoms with E-state index in [4.69, 9.17) is 39.9 Å². The molecule has 8 heteroatoms. The normalized spacial score (nSPS) is 11.5. The number of hydrazone groups is 1. The Balaban J connectivity index is 2.40. The largest absolute Gasteiger partial charge is 0.476 e. The molecule has 0 saturated carbocycles. The topological polar surface area (TPSA) is 74.6 Å². The molecule has 0 fully saturated rings. The van der Waals surface area contributed by atoms with Gasteiger partial charge in [-0.1, -0.05) is 46.9 Å². The molecule has 0 amide bonds. The molecule has 0 unspecified atom stereocenters. The lowest BCUT2D eigenvalue weighted by Crippen LogP contribution is -2.06. The highest BCUT2D eigenvalue weighted by Crippen LogP contribution is 2.36. The van der Waals surface area contributed by atoms with Gasteiger partial charge in [-0.3, -0.25) is 5.43 Å². The molecule has 1 aromatic heterocycles. The Kier molecular flexibility index (Phi) is 5.70. The highest BCUT2D eigenvalue weighted by Gasteiger charge is 2.20. The predicted octanol–water partition coefficient (Wildman–Crippen LogP) is 5.19. The summed E-state index contributed by atoms with van der Waals surface area (Å²) in [5.41, 5.74) is 6.29. The van der Waals surface area contributed by atoms with Gasteiger partial charge < -0.3 is 5.11 Å². The van der Waals surface area contributed by atoms with Crippen molar-refractivity contribution in [2.45, 2.75) is 20.8 Å². The molecule has 126 valence electrons. The highest BCUT2D eigenvalue weighted by molar-refractivity contribution is 6.46. The van der Waals surface area contributed by atoms with Crippen LogP contribution in [-0.4, -0.2) is 21.8 Å². The van der Waals surface area contributed by atoms with Crippen LogP contribution in [-0.2, 0) is 0 Å². The van der Waals surface area contributed by atoms with Crippen molar-refractivity contribution in [3.8, 4) is 0 Å². The fraction of sp³-hybridized carbons (Fsp3) is 0.188. The van der Waals surface area contributed by atoms with Crippen LogP contribution in [0, 0.1) is 13.8 Å². The third-order valence-corrected chi connectivity index (χ3v) is 4.61. The Morgan fingerprint density at radius 2 is 1.83 bits per heavy atom. The number of anilines is 1. The third-order valence-electron chi connectivity index (χ3n) is 3.50. The number of halogens is 3. The Bertz CT molecular complexity index is 851. The third kappa shape index (κ3) is 3.80. The first kappa shape index (κ1) is 18.5. The van der Waals surface area contributed by atoms with Crippen LogP contribution in [0.1, 0.15) is 34.1 Å². The van der Waals surface area contributed by atoms with Gasteiger partial charge in [-0.2, -0.15) is 5.10 Å². The van der Waals surface area contributed by atoms with Crippen LogP contribution in [0.3, 0.4) is 0 Å². The zero-order valence-corrected chi connectivity index (χ0v) is 15.4. The number of aryl methyl sites for hydroxylation is 2. The van der Waals surface area contributed by atoms with Crippen molar-refractivity contribution >= 4 is 52.2 Å². The SMILES string of the molecule is C/C(=N\Nc1c(Cl)c(Cl)nc(C(=O)O)c1Cl)c1ccc(C)c(C)c1. The van der Waals surface area contributed by atoms with Gasteiger partial charge >= 0.3 is 5.97 Å². The van der Waals surface area contributed by atoms with E-state index in [1.807, 2.05) is 32.0 Å². The van der Waals surface area contributed by atoms with Gasteiger partial charge in [-0.25, -0.2) is 9.78 Å². The zero-order valence-electron chi connectivity index (χ0n) is 13.1. The molecule has 0 aliphatic rings. The van der Waals surface area contributed by atoms with E-state index >= 15 is 0 Å². The van der Waals surface area contributed by atoms with Gasteiger partial charge in [0.1, 0.15) is 10.0 Å². The Morgan fingerprint density at radius 3 is 2.42 bits per heavy atom. The predicted molar refractivity (Wildman–Crippen MR) is 98.0 cm³/mol. The molecule has 2 N–H and O–H groups in total. The molecule has 5 nitrogen and oxygen atoms in total. The summed E-state index contributed by atoms with van der Waals surface area (Å²) in [5, 5.41) is 13.0. The molecule has 0 radical (unpaired) electrons. The number of carboxylic acids is 1. The summed E-state index contributed by atoms with van der Waals surface area (Å²) < 4.78 is 0. The summed E-state index contributed by atoms with van der Waals surface area (Å²) in [6.45, 7) is 5.84. The number of nitrogens with zero attached hydrogens (tertiary/aromatic N) is 2. The Labute approximate surface area is 154 Å². The smallest absolute Gasteiger partial charge is 0.356 e. The van der Waals surface area contributed by atoms with E-state index in [1.165, 1.54) is 5.56 Å². The number of pyridine rings is 1. The molecule has 2 rings (SSSR count). The van der Waals surface area contributed by atoms with Crippen molar-refractivity contribution in [2.75, 3.05) is 5.43 Å². The summed E-state index contributed by atoms with van der Waals surface area (Å²) >= 11 is 17.9. The average molecular weight is 387 g/mol. The quantitative estimate of drug-likeness (QED) is 0.430. The molecular weight excluding hydrogens is 373 g/mol. The van der Waals surface area contributed by atoms with Crippen molar-refractivity contribution < 1.29 is 9.90 Å². The summed E-state index contributed by atoms with van der Waals surface area (Å²) in [4.78, 5) is 14.8. The van der Waals surface area contributed by atoms with Crippen LogP contribution in [0.5, 0.6) is 0 Å². The van der Waals surface area contributed by atoms with Crippen molar-refractivity contribution in [3.05, 3.63) is 55.8 Å². The van der Waals surface area contributed by atoms with Crippen LogP contribution < -0.4 is 5.43 Å². The maximum Gasteiger partial charge on any atom is 0.356 e. The minimum Gasteiger partial charge on any atom is -0.476 e. The highest BCUT2D eigenvalue weighted by atomic mass is 35.5. The lowest BCUT2D eigenvalue weighted by atomic mass is 10.0. The van der Waals surface area contributed by atoms with E-state index in [9.17, 15) is 4.79 Å². The molecule has 0 aliphatic carbocycles. The van der Waals surface area contributed by atoms with Crippen LogP contribution in [0.15, 0.2) is 23.3 Å². The van der Waals surface area contributed by atoms with E-state index < -0.39 is 11.7 Å². The molecule has 2 aromatic rings. The van der Waals surface area contributed by atoms with E-state index in [0.29, 0.717) is 5.71 Å². The van der Waals surface area contributed by atoms with E-state index in [1.54, 1.807) is 6.92 Å². The number of rotatable bonds is 4. The summed E-state index contributed by atoms with van der Waals surface area (Å²) in [7, 11) is 0. The molecule has 0 aliphatic heterocycles. The minimum atomic E-state index is -1.31. The molecule has 1 aromatic carbocycles. The first-order chi connectivity index (χ1) is 11.2.